The van der Waals surface area contributed by atoms with Crippen LogP contribution < -0.4 is 15.6 Å². The predicted octanol–water partition coefficient (Wildman–Crippen LogP) is 1.59. The lowest BCUT2D eigenvalue weighted by Gasteiger charge is -2.11. The lowest BCUT2D eigenvalue weighted by molar-refractivity contribution is 0.340. The van der Waals surface area contributed by atoms with E-state index in [9.17, 15) is 4.79 Å². The molecule has 5 nitrogen and oxygen atoms in total. The van der Waals surface area contributed by atoms with Crippen LogP contribution in [0.5, 0.6) is 6.01 Å². The molecule has 0 aliphatic carbocycles. The first-order valence-electron chi connectivity index (χ1n) is 6.87. The van der Waals surface area contributed by atoms with E-state index in [1.165, 1.54) is 0 Å². The van der Waals surface area contributed by atoms with Gasteiger partial charge >= 0.3 is 0 Å². The molecule has 0 aliphatic rings. The van der Waals surface area contributed by atoms with Crippen LogP contribution in [0.2, 0.25) is 0 Å². The van der Waals surface area contributed by atoms with Crippen LogP contribution in [0.1, 0.15) is 32.4 Å². The zero-order valence-corrected chi connectivity index (χ0v) is 12.4. The number of unbranched alkanes of at least 4 members (excludes halogenated alkanes) is 1. The molecule has 1 aromatic rings. The molecule has 5 heteroatoms. The average molecular weight is 267 g/mol. The van der Waals surface area contributed by atoms with Crippen molar-refractivity contribution in [2.24, 2.45) is 5.92 Å². The molecule has 1 rings (SSSR count). The Morgan fingerprint density at radius 2 is 2.16 bits per heavy atom. The Kier molecular flexibility index (Phi) is 6.56. The number of aromatic nitrogens is 2. The standard InChI is InChI=1S/C14H25N3O2/c1-11(2)10-15-7-5-6-8-17-13(18)9-12(3)16-14(17)19-4/h9,11,15H,5-8,10H2,1-4H3. The largest absolute Gasteiger partial charge is 0.468 e. The van der Waals surface area contributed by atoms with Crippen molar-refractivity contribution in [3.63, 3.8) is 0 Å². The highest BCUT2D eigenvalue weighted by Crippen LogP contribution is 2.05. The second kappa shape index (κ2) is 7.94. The molecular formula is C14H25N3O2. The predicted molar refractivity (Wildman–Crippen MR) is 76.7 cm³/mol. The molecule has 0 atom stereocenters. The number of hydrogen-bond acceptors (Lipinski definition) is 4. The first kappa shape index (κ1) is 15.7. The smallest absolute Gasteiger partial charge is 0.299 e. The molecule has 0 bridgehead atoms. The van der Waals surface area contributed by atoms with Gasteiger partial charge in [-0.25, -0.2) is 4.98 Å². The van der Waals surface area contributed by atoms with Gasteiger partial charge in [0.2, 0.25) is 0 Å². The summed E-state index contributed by atoms with van der Waals surface area (Å²) in [5, 5.41) is 3.39. The molecule has 0 spiro atoms. The number of hydrogen-bond donors (Lipinski definition) is 1. The van der Waals surface area contributed by atoms with Gasteiger partial charge in [-0.15, -0.1) is 0 Å². The number of rotatable bonds is 8. The molecule has 19 heavy (non-hydrogen) atoms. The number of ether oxygens (including phenoxy) is 1. The quantitative estimate of drug-likeness (QED) is 0.727. The van der Waals surface area contributed by atoms with E-state index in [0.717, 1.165) is 25.9 Å². The van der Waals surface area contributed by atoms with Gasteiger partial charge in [-0.05, 0) is 38.8 Å². The fraction of sp³-hybridized carbons (Fsp3) is 0.714. The molecule has 0 aliphatic heterocycles. The summed E-state index contributed by atoms with van der Waals surface area (Å²) in [7, 11) is 1.54. The van der Waals surface area contributed by atoms with Gasteiger partial charge in [-0.3, -0.25) is 9.36 Å². The first-order valence-corrected chi connectivity index (χ1v) is 6.87. The Hall–Kier alpha value is -1.36. The van der Waals surface area contributed by atoms with Crippen molar-refractivity contribution in [3.8, 4) is 6.01 Å². The van der Waals surface area contributed by atoms with Crippen molar-refractivity contribution in [2.75, 3.05) is 20.2 Å². The summed E-state index contributed by atoms with van der Waals surface area (Å²) >= 11 is 0. The molecule has 1 aromatic heterocycles. The summed E-state index contributed by atoms with van der Waals surface area (Å²) in [5.41, 5.74) is 0.649. The molecule has 1 N–H and O–H groups in total. The third-order valence-corrected chi connectivity index (χ3v) is 2.82. The second-order valence-corrected chi connectivity index (χ2v) is 5.18. The fourth-order valence-electron chi connectivity index (χ4n) is 1.87. The van der Waals surface area contributed by atoms with Gasteiger partial charge in [0.05, 0.1) is 7.11 Å². The maximum absolute atomic E-state index is 11.9. The Bertz CT molecular complexity index is 441. The van der Waals surface area contributed by atoms with Crippen LogP contribution in [0, 0.1) is 12.8 Å². The van der Waals surface area contributed by atoms with Crippen molar-refractivity contribution in [1.82, 2.24) is 14.9 Å². The minimum absolute atomic E-state index is 0.0421. The summed E-state index contributed by atoms with van der Waals surface area (Å²) in [6, 6.07) is 1.94. The highest BCUT2D eigenvalue weighted by Gasteiger charge is 2.06. The molecule has 0 saturated heterocycles. The Morgan fingerprint density at radius 3 is 2.79 bits per heavy atom. The normalized spacial score (nSPS) is 11.0. The van der Waals surface area contributed by atoms with E-state index < -0.39 is 0 Å². The zero-order valence-electron chi connectivity index (χ0n) is 12.4. The van der Waals surface area contributed by atoms with Crippen molar-refractivity contribution >= 4 is 0 Å². The van der Waals surface area contributed by atoms with Crippen molar-refractivity contribution in [3.05, 3.63) is 22.1 Å². The third-order valence-electron chi connectivity index (χ3n) is 2.82. The SMILES string of the molecule is COc1nc(C)cc(=O)n1CCCCNCC(C)C. The maximum Gasteiger partial charge on any atom is 0.299 e. The van der Waals surface area contributed by atoms with E-state index in [1.54, 1.807) is 24.7 Å². The fourth-order valence-corrected chi connectivity index (χ4v) is 1.87. The summed E-state index contributed by atoms with van der Waals surface area (Å²) in [6.45, 7) is 8.84. The number of nitrogens with one attached hydrogen (secondary N) is 1. The second-order valence-electron chi connectivity index (χ2n) is 5.18. The maximum atomic E-state index is 11.9. The zero-order chi connectivity index (χ0) is 14.3. The topological polar surface area (TPSA) is 56.1 Å². The number of methoxy groups -OCH3 is 1. The van der Waals surface area contributed by atoms with Crippen molar-refractivity contribution < 1.29 is 4.74 Å². The van der Waals surface area contributed by atoms with Crippen LogP contribution in [0.25, 0.3) is 0 Å². The average Bonchev–Trinajstić information content (AvgIpc) is 2.34. The molecule has 0 fully saturated rings. The van der Waals surface area contributed by atoms with Crippen molar-refractivity contribution in [2.45, 2.75) is 40.2 Å². The van der Waals surface area contributed by atoms with Crippen LogP contribution >= 0.6 is 0 Å². The van der Waals surface area contributed by atoms with E-state index in [4.69, 9.17) is 4.74 Å². The van der Waals surface area contributed by atoms with Gasteiger partial charge in [-0.1, -0.05) is 13.8 Å². The third kappa shape index (κ3) is 5.42. The minimum atomic E-state index is -0.0421. The van der Waals surface area contributed by atoms with Crippen LogP contribution in [0.15, 0.2) is 10.9 Å². The van der Waals surface area contributed by atoms with Gasteiger partial charge in [0.15, 0.2) is 0 Å². The monoisotopic (exact) mass is 267 g/mol. The molecular weight excluding hydrogens is 242 g/mol. The van der Waals surface area contributed by atoms with Crippen LogP contribution in [-0.4, -0.2) is 29.8 Å². The lowest BCUT2D eigenvalue weighted by atomic mass is 10.2. The minimum Gasteiger partial charge on any atom is -0.468 e. The van der Waals surface area contributed by atoms with Gasteiger partial charge in [-0.2, -0.15) is 0 Å². The first-order chi connectivity index (χ1) is 9.04. The van der Waals surface area contributed by atoms with Gasteiger partial charge in [0.1, 0.15) is 0 Å². The van der Waals surface area contributed by atoms with E-state index in [1.807, 2.05) is 0 Å². The number of nitrogens with zero attached hydrogens (tertiary/aromatic N) is 2. The van der Waals surface area contributed by atoms with Gasteiger partial charge < -0.3 is 10.1 Å². The van der Waals surface area contributed by atoms with E-state index in [0.29, 0.717) is 24.2 Å². The summed E-state index contributed by atoms with van der Waals surface area (Å²) in [4.78, 5) is 16.1. The van der Waals surface area contributed by atoms with Crippen LogP contribution in [0.4, 0.5) is 0 Å². The summed E-state index contributed by atoms with van der Waals surface area (Å²) in [5.74, 6) is 0.670. The van der Waals surface area contributed by atoms with Crippen LogP contribution in [0.3, 0.4) is 0 Å². The Morgan fingerprint density at radius 1 is 1.42 bits per heavy atom. The van der Waals surface area contributed by atoms with E-state index >= 15 is 0 Å². The Balaban J connectivity index is 2.43. The number of aryl methyl sites for hydroxylation is 1. The molecule has 108 valence electrons. The molecule has 0 amide bonds. The van der Waals surface area contributed by atoms with Gasteiger partial charge in [0.25, 0.3) is 11.6 Å². The summed E-state index contributed by atoms with van der Waals surface area (Å²) in [6.07, 6.45) is 1.97. The molecule has 0 aromatic carbocycles. The van der Waals surface area contributed by atoms with Crippen molar-refractivity contribution in [1.29, 1.82) is 0 Å². The molecule has 0 saturated carbocycles. The molecule has 0 radical (unpaired) electrons. The van der Waals surface area contributed by atoms with Gasteiger partial charge in [0, 0.05) is 18.3 Å². The lowest BCUT2D eigenvalue weighted by Crippen LogP contribution is -2.24. The highest BCUT2D eigenvalue weighted by molar-refractivity contribution is 5.06. The van der Waals surface area contributed by atoms with E-state index in [2.05, 4.69) is 24.1 Å². The molecule has 0 unspecified atom stereocenters. The van der Waals surface area contributed by atoms with E-state index in [-0.39, 0.29) is 5.56 Å². The highest BCUT2D eigenvalue weighted by atomic mass is 16.5. The Labute approximate surface area is 115 Å². The molecule has 1 heterocycles. The summed E-state index contributed by atoms with van der Waals surface area (Å²) < 4.78 is 6.75. The van der Waals surface area contributed by atoms with Crippen LogP contribution in [-0.2, 0) is 6.54 Å².